The predicted molar refractivity (Wildman–Crippen MR) is 86.7 cm³/mol. The van der Waals surface area contributed by atoms with Crippen molar-refractivity contribution >= 4 is 27.3 Å². The van der Waals surface area contributed by atoms with Crippen molar-refractivity contribution in [1.82, 2.24) is 0 Å². The maximum Gasteiger partial charge on any atom is 0.269 e. The smallest absolute Gasteiger partial charge is 0.269 e. The Labute approximate surface area is 131 Å². The maximum absolute atomic E-state index is 10.6. The first-order valence-corrected chi connectivity index (χ1v) is 7.69. The van der Waals surface area contributed by atoms with E-state index in [2.05, 4.69) is 39.4 Å². The van der Waals surface area contributed by atoms with Gasteiger partial charge in [0.15, 0.2) is 0 Å². The molecule has 0 saturated heterocycles. The Bertz CT molecular complexity index is 670. The quantitative estimate of drug-likeness (QED) is 0.664. The summed E-state index contributed by atoms with van der Waals surface area (Å²) >= 11 is 3.51. The third-order valence-corrected chi connectivity index (χ3v) is 4.34. The van der Waals surface area contributed by atoms with Gasteiger partial charge < -0.3 is 5.32 Å². The molecule has 0 aliphatic heterocycles. The highest BCUT2D eigenvalue weighted by Gasteiger charge is 2.18. The van der Waals surface area contributed by atoms with E-state index in [1.807, 2.05) is 0 Å². The van der Waals surface area contributed by atoms with Crippen LogP contribution in [0.15, 0.2) is 46.9 Å². The summed E-state index contributed by atoms with van der Waals surface area (Å²) in [5.41, 5.74) is 3.85. The molecule has 0 saturated carbocycles. The molecule has 0 spiro atoms. The lowest BCUT2D eigenvalue weighted by atomic mass is 9.88. The van der Waals surface area contributed by atoms with E-state index in [1.54, 1.807) is 12.1 Å². The molecule has 0 radical (unpaired) electrons. The second kappa shape index (κ2) is 5.85. The molecule has 2 aromatic rings. The van der Waals surface area contributed by atoms with E-state index in [0.29, 0.717) is 6.04 Å². The van der Waals surface area contributed by atoms with Gasteiger partial charge in [0, 0.05) is 28.3 Å². The van der Waals surface area contributed by atoms with Crippen LogP contribution < -0.4 is 5.32 Å². The van der Waals surface area contributed by atoms with Crippen molar-refractivity contribution in [3.63, 3.8) is 0 Å². The summed E-state index contributed by atoms with van der Waals surface area (Å²) in [5, 5.41) is 14.1. The summed E-state index contributed by atoms with van der Waals surface area (Å²) in [6, 6.07) is 13.4. The van der Waals surface area contributed by atoms with Gasteiger partial charge in [0.25, 0.3) is 5.69 Å². The molecule has 0 heterocycles. The average Bonchev–Trinajstić information content (AvgIpc) is 2.48. The van der Waals surface area contributed by atoms with Gasteiger partial charge in [-0.15, -0.1) is 0 Å². The van der Waals surface area contributed by atoms with E-state index in [9.17, 15) is 10.1 Å². The number of non-ortho nitro benzene ring substituents is 1. The Kier molecular flexibility index (Phi) is 3.92. The van der Waals surface area contributed by atoms with E-state index in [1.165, 1.54) is 23.3 Å². The van der Waals surface area contributed by atoms with Gasteiger partial charge in [-0.05, 0) is 54.7 Å². The first-order chi connectivity index (χ1) is 10.1. The van der Waals surface area contributed by atoms with Crippen molar-refractivity contribution in [3.8, 4) is 0 Å². The molecule has 21 heavy (non-hydrogen) atoms. The van der Waals surface area contributed by atoms with Gasteiger partial charge in [0.05, 0.1) is 4.92 Å². The summed E-state index contributed by atoms with van der Waals surface area (Å²) in [6.07, 6.45) is 3.11. The number of hydrogen-bond donors (Lipinski definition) is 1. The molecule has 0 fully saturated rings. The van der Waals surface area contributed by atoms with Crippen molar-refractivity contribution in [2.45, 2.75) is 25.3 Å². The predicted octanol–water partition coefficient (Wildman–Crippen LogP) is 4.33. The zero-order chi connectivity index (χ0) is 14.8. The van der Waals surface area contributed by atoms with Crippen molar-refractivity contribution < 1.29 is 4.92 Å². The molecule has 0 amide bonds. The standard InChI is InChI=1S/C16H15BrN2O2/c17-13-3-1-12-10-15(4-2-11(12)9-13)18-14-5-7-16(8-6-14)19(20)21/h1,3,5-9,15,18H,2,4,10H2. The molecular weight excluding hydrogens is 332 g/mol. The third kappa shape index (κ3) is 3.24. The molecular formula is C16H15BrN2O2. The fourth-order valence-corrected chi connectivity index (χ4v) is 3.17. The number of hydrogen-bond acceptors (Lipinski definition) is 3. The van der Waals surface area contributed by atoms with Crippen molar-refractivity contribution in [1.29, 1.82) is 0 Å². The summed E-state index contributed by atoms with van der Waals surface area (Å²) in [5.74, 6) is 0. The maximum atomic E-state index is 10.6. The van der Waals surface area contributed by atoms with Crippen LogP contribution in [0.25, 0.3) is 0 Å². The van der Waals surface area contributed by atoms with Gasteiger partial charge in [-0.1, -0.05) is 22.0 Å². The number of benzene rings is 2. The molecule has 3 rings (SSSR count). The number of nitro benzene ring substituents is 1. The SMILES string of the molecule is O=[N+]([O-])c1ccc(NC2CCc3cc(Br)ccc3C2)cc1. The Balaban J connectivity index is 1.69. The molecule has 2 aromatic carbocycles. The number of nitrogens with one attached hydrogen (secondary N) is 1. The van der Waals surface area contributed by atoms with Gasteiger partial charge >= 0.3 is 0 Å². The first kappa shape index (κ1) is 14.1. The Hall–Kier alpha value is -1.88. The lowest BCUT2D eigenvalue weighted by molar-refractivity contribution is -0.384. The van der Waals surface area contributed by atoms with Crippen LogP contribution in [0.1, 0.15) is 17.5 Å². The molecule has 0 bridgehead atoms. The summed E-state index contributed by atoms with van der Waals surface area (Å²) in [4.78, 5) is 10.3. The van der Waals surface area contributed by atoms with E-state index < -0.39 is 0 Å². The summed E-state index contributed by atoms with van der Waals surface area (Å²) < 4.78 is 1.13. The normalized spacial score (nSPS) is 17.1. The second-order valence-electron chi connectivity index (χ2n) is 5.30. The molecule has 5 heteroatoms. The van der Waals surface area contributed by atoms with Crippen LogP contribution in [0, 0.1) is 10.1 Å². The highest BCUT2D eigenvalue weighted by Crippen LogP contribution is 2.27. The molecule has 1 atom stereocenters. The van der Waals surface area contributed by atoms with E-state index >= 15 is 0 Å². The van der Waals surface area contributed by atoms with Gasteiger partial charge in [-0.2, -0.15) is 0 Å². The molecule has 108 valence electrons. The highest BCUT2D eigenvalue weighted by molar-refractivity contribution is 9.10. The van der Waals surface area contributed by atoms with E-state index in [-0.39, 0.29) is 10.6 Å². The van der Waals surface area contributed by atoms with Crippen LogP contribution in [0.2, 0.25) is 0 Å². The second-order valence-corrected chi connectivity index (χ2v) is 6.22. The Morgan fingerprint density at radius 3 is 2.62 bits per heavy atom. The first-order valence-electron chi connectivity index (χ1n) is 6.90. The Morgan fingerprint density at radius 1 is 1.14 bits per heavy atom. The number of nitro groups is 1. The largest absolute Gasteiger partial charge is 0.382 e. The van der Waals surface area contributed by atoms with Gasteiger partial charge in [0.2, 0.25) is 0 Å². The van der Waals surface area contributed by atoms with E-state index in [0.717, 1.165) is 29.4 Å². The van der Waals surface area contributed by atoms with Crippen LogP contribution >= 0.6 is 15.9 Å². The summed E-state index contributed by atoms with van der Waals surface area (Å²) in [6.45, 7) is 0. The minimum Gasteiger partial charge on any atom is -0.382 e. The minimum absolute atomic E-state index is 0.124. The van der Waals surface area contributed by atoms with Crippen molar-refractivity contribution in [2.24, 2.45) is 0 Å². The number of anilines is 1. The average molecular weight is 347 g/mol. The monoisotopic (exact) mass is 346 g/mol. The molecule has 1 N–H and O–H groups in total. The van der Waals surface area contributed by atoms with Crippen LogP contribution in [-0.4, -0.2) is 11.0 Å². The lowest BCUT2D eigenvalue weighted by Crippen LogP contribution is -2.27. The fourth-order valence-electron chi connectivity index (χ4n) is 2.76. The number of rotatable bonds is 3. The number of nitrogens with zero attached hydrogens (tertiary/aromatic N) is 1. The van der Waals surface area contributed by atoms with Crippen LogP contribution in [0.5, 0.6) is 0 Å². The van der Waals surface area contributed by atoms with Crippen LogP contribution in [0.3, 0.4) is 0 Å². The molecule has 0 aromatic heterocycles. The van der Waals surface area contributed by atoms with E-state index in [4.69, 9.17) is 0 Å². The molecule has 1 aliphatic carbocycles. The number of aryl methyl sites for hydroxylation is 1. The molecule has 1 unspecified atom stereocenters. The minimum atomic E-state index is -0.376. The highest BCUT2D eigenvalue weighted by atomic mass is 79.9. The van der Waals surface area contributed by atoms with Gasteiger partial charge in [-0.3, -0.25) is 10.1 Å². The zero-order valence-corrected chi connectivity index (χ0v) is 13.0. The Morgan fingerprint density at radius 2 is 1.90 bits per heavy atom. The number of halogens is 1. The van der Waals surface area contributed by atoms with Crippen LogP contribution in [0.4, 0.5) is 11.4 Å². The van der Waals surface area contributed by atoms with Crippen LogP contribution in [-0.2, 0) is 12.8 Å². The molecule has 1 aliphatic rings. The topological polar surface area (TPSA) is 55.2 Å². The van der Waals surface area contributed by atoms with Crippen molar-refractivity contribution in [3.05, 3.63) is 68.2 Å². The third-order valence-electron chi connectivity index (χ3n) is 3.85. The lowest BCUT2D eigenvalue weighted by Gasteiger charge is -2.26. The van der Waals surface area contributed by atoms with Gasteiger partial charge in [0.1, 0.15) is 0 Å². The summed E-state index contributed by atoms with van der Waals surface area (Å²) in [7, 11) is 0. The van der Waals surface area contributed by atoms with Crippen molar-refractivity contribution in [2.75, 3.05) is 5.32 Å². The fraction of sp³-hybridized carbons (Fsp3) is 0.250. The molecule has 4 nitrogen and oxygen atoms in total. The zero-order valence-electron chi connectivity index (χ0n) is 11.4. The van der Waals surface area contributed by atoms with Gasteiger partial charge in [-0.25, -0.2) is 0 Å². The number of fused-ring (bicyclic) bond motifs is 1.